The van der Waals surface area contributed by atoms with Gasteiger partial charge < -0.3 is 14.4 Å². The summed E-state index contributed by atoms with van der Waals surface area (Å²) in [4.78, 5) is 18.5. The van der Waals surface area contributed by atoms with Crippen molar-refractivity contribution in [2.45, 2.75) is 6.92 Å². The van der Waals surface area contributed by atoms with Crippen molar-refractivity contribution in [2.75, 3.05) is 37.8 Å². The standard InChI is InChI=1S/C20H22N2O3/c1-2-25-20(23)17-4-3-5-18(14-17)21-15-16-6-8-19(9-7-16)22-10-12-24-13-11-22/h3-9,14-15H,2,10-13H2,1H3. The molecule has 0 radical (unpaired) electrons. The van der Waals surface area contributed by atoms with Gasteiger partial charge >= 0.3 is 5.97 Å². The first-order chi connectivity index (χ1) is 12.3. The van der Waals surface area contributed by atoms with Gasteiger partial charge in [-0.05, 0) is 42.8 Å². The number of esters is 1. The van der Waals surface area contributed by atoms with Crippen LogP contribution >= 0.6 is 0 Å². The molecule has 1 fully saturated rings. The van der Waals surface area contributed by atoms with Crippen molar-refractivity contribution in [3.63, 3.8) is 0 Å². The molecular weight excluding hydrogens is 316 g/mol. The van der Waals surface area contributed by atoms with Crippen molar-refractivity contribution in [3.8, 4) is 0 Å². The van der Waals surface area contributed by atoms with Gasteiger partial charge in [0.2, 0.25) is 0 Å². The number of hydrogen-bond donors (Lipinski definition) is 0. The summed E-state index contributed by atoms with van der Waals surface area (Å²) < 4.78 is 10.4. The fourth-order valence-electron chi connectivity index (χ4n) is 2.67. The normalized spacial score (nSPS) is 14.7. The molecule has 1 heterocycles. The summed E-state index contributed by atoms with van der Waals surface area (Å²) in [7, 11) is 0. The van der Waals surface area contributed by atoms with Crippen LogP contribution < -0.4 is 4.90 Å². The van der Waals surface area contributed by atoms with Gasteiger partial charge in [-0.1, -0.05) is 18.2 Å². The summed E-state index contributed by atoms with van der Waals surface area (Å²) in [6, 6.07) is 15.4. The summed E-state index contributed by atoms with van der Waals surface area (Å²) in [6.07, 6.45) is 1.80. The highest BCUT2D eigenvalue weighted by atomic mass is 16.5. The molecule has 0 N–H and O–H groups in total. The average molecular weight is 338 g/mol. The Morgan fingerprint density at radius 1 is 1.20 bits per heavy atom. The zero-order valence-corrected chi connectivity index (χ0v) is 14.4. The smallest absolute Gasteiger partial charge is 0.338 e. The number of aliphatic imine (C=N–C) groups is 1. The Morgan fingerprint density at radius 2 is 1.96 bits per heavy atom. The van der Waals surface area contributed by atoms with Crippen LogP contribution in [0, 0.1) is 0 Å². The van der Waals surface area contributed by atoms with Crippen molar-refractivity contribution in [2.24, 2.45) is 4.99 Å². The Bertz CT molecular complexity index is 735. The van der Waals surface area contributed by atoms with Crippen LogP contribution in [0.15, 0.2) is 53.5 Å². The van der Waals surface area contributed by atoms with E-state index in [4.69, 9.17) is 9.47 Å². The molecule has 0 aliphatic carbocycles. The number of nitrogens with zero attached hydrogens (tertiary/aromatic N) is 2. The van der Waals surface area contributed by atoms with Crippen molar-refractivity contribution >= 4 is 23.6 Å². The molecule has 0 aromatic heterocycles. The fraction of sp³-hybridized carbons (Fsp3) is 0.300. The highest BCUT2D eigenvalue weighted by Crippen LogP contribution is 2.18. The van der Waals surface area contributed by atoms with Gasteiger partial charge in [0.15, 0.2) is 0 Å². The van der Waals surface area contributed by atoms with E-state index >= 15 is 0 Å². The lowest BCUT2D eigenvalue weighted by atomic mass is 10.2. The molecule has 25 heavy (non-hydrogen) atoms. The predicted molar refractivity (Wildman–Crippen MR) is 99.1 cm³/mol. The van der Waals surface area contributed by atoms with E-state index in [-0.39, 0.29) is 5.97 Å². The molecule has 0 amide bonds. The molecule has 5 nitrogen and oxygen atoms in total. The number of carbonyl (C=O) groups excluding carboxylic acids is 1. The molecule has 5 heteroatoms. The van der Waals surface area contributed by atoms with Gasteiger partial charge in [0, 0.05) is 25.0 Å². The minimum atomic E-state index is -0.325. The van der Waals surface area contributed by atoms with Gasteiger partial charge in [0.05, 0.1) is 31.1 Å². The molecule has 130 valence electrons. The Labute approximate surface area is 147 Å². The molecule has 2 aromatic rings. The topological polar surface area (TPSA) is 51.1 Å². The summed E-state index contributed by atoms with van der Waals surface area (Å²) in [5, 5.41) is 0. The minimum absolute atomic E-state index is 0.325. The molecule has 1 aliphatic rings. The first kappa shape index (κ1) is 17.2. The molecule has 1 saturated heterocycles. The first-order valence-electron chi connectivity index (χ1n) is 8.50. The maximum Gasteiger partial charge on any atom is 0.338 e. The maximum atomic E-state index is 11.8. The van der Waals surface area contributed by atoms with E-state index in [9.17, 15) is 4.79 Å². The van der Waals surface area contributed by atoms with Crippen molar-refractivity contribution < 1.29 is 14.3 Å². The molecule has 0 spiro atoms. The first-order valence-corrected chi connectivity index (χ1v) is 8.50. The number of hydrogen-bond acceptors (Lipinski definition) is 5. The Kier molecular flexibility index (Phi) is 5.80. The summed E-state index contributed by atoms with van der Waals surface area (Å²) in [6.45, 7) is 5.56. The van der Waals surface area contributed by atoms with Crippen LogP contribution in [-0.2, 0) is 9.47 Å². The van der Waals surface area contributed by atoms with Gasteiger partial charge in [0.25, 0.3) is 0 Å². The predicted octanol–water partition coefficient (Wildman–Crippen LogP) is 3.45. The summed E-state index contributed by atoms with van der Waals surface area (Å²) in [5.41, 5.74) is 3.45. The summed E-state index contributed by atoms with van der Waals surface area (Å²) in [5.74, 6) is -0.325. The van der Waals surface area contributed by atoms with E-state index in [1.54, 1.807) is 31.3 Å². The van der Waals surface area contributed by atoms with Crippen molar-refractivity contribution in [1.82, 2.24) is 0 Å². The molecular formula is C20H22N2O3. The third-order valence-electron chi connectivity index (χ3n) is 3.99. The molecule has 0 unspecified atom stereocenters. The number of ether oxygens (including phenoxy) is 2. The molecule has 0 saturated carbocycles. The average Bonchev–Trinajstić information content (AvgIpc) is 2.68. The second-order valence-electron chi connectivity index (χ2n) is 5.72. The zero-order chi connectivity index (χ0) is 17.5. The van der Waals surface area contributed by atoms with Gasteiger partial charge in [-0.2, -0.15) is 0 Å². The maximum absolute atomic E-state index is 11.8. The van der Waals surface area contributed by atoms with Crippen LogP contribution in [0.4, 0.5) is 11.4 Å². The van der Waals surface area contributed by atoms with Gasteiger partial charge in [0.1, 0.15) is 0 Å². The van der Waals surface area contributed by atoms with Crippen LogP contribution in [0.1, 0.15) is 22.8 Å². The van der Waals surface area contributed by atoms with Gasteiger partial charge in [-0.15, -0.1) is 0 Å². The molecule has 3 rings (SSSR count). The van der Waals surface area contributed by atoms with Crippen molar-refractivity contribution in [1.29, 1.82) is 0 Å². The van der Waals surface area contributed by atoms with E-state index in [1.807, 2.05) is 18.2 Å². The number of carbonyl (C=O) groups is 1. The second kappa shape index (κ2) is 8.44. The molecule has 1 aliphatic heterocycles. The van der Waals surface area contributed by atoms with E-state index in [1.165, 1.54) is 5.69 Å². The fourth-order valence-corrected chi connectivity index (χ4v) is 2.67. The minimum Gasteiger partial charge on any atom is -0.462 e. The number of morpholine rings is 1. The largest absolute Gasteiger partial charge is 0.462 e. The van der Waals surface area contributed by atoms with Crippen LogP contribution in [0.5, 0.6) is 0 Å². The van der Waals surface area contributed by atoms with E-state index in [0.29, 0.717) is 12.2 Å². The van der Waals surface area contributed by atoms with E-state index in [2.05, 4.69) is 22.0 Å². The van der Waals surface area contributed by atoms with Crippen LogP contribution in [-0.4, -0.2) is 45.1 Å². The lowest BCUT2D eigenvalue weighted by Gasteiger charge is -2.28. The number of benzene rings is 2. The van der Waals surface area contributed by atoms with Crippen LogP contribution in [0.25, 0.3) is 0 Å². The third-order valence-corrected chi connectivity index (χ3v) is 3.99. The Balaban J connectivity index is 1.67. The summed E-state index contributed by atoms with van der Waals surface area (Å²) >= 11 is 0. The number of anilines is 1. The SMILES string of the molecule is CCOC(=O)c1cccc(N=Cc2ccc(N3CCOCC3)cc2)c1. The number of rotatable bonds is 5. The molecule has 0 bridgehead atoms. The molecule has 0 atom stereocenters. The third kappa shape index (κ3) is 4.67. The van der Waals surface area contributed by atoms with Gasteiger partial charge in [-0.25, -0.2) is 4.79 Å². The second-order valence-corrected chi connectivity index (χ2v) is 5.72. The zero-order valence-electron chi connectivity index (χ0n) is 14.4. The van der Waals surface area contributed by atoms with E-state index in [0.717, 1.165) is 37.6 Å². The Morgan fingerprint density at radius 3 is 2.68 bits per heavy atom. The lowest BCUT2D eigenvalue weighted by molar-refractivity contribution is 0.0526. The van der Waals surface area contributed by atoms with Crippen LogP contribution in [0.3, 0.4) is 0 Å². The van der Waals surface area contributed by atoms with E-state index < -0.39 is 0 Å². The van der Waals surface area contributed by atoms with Gasteiger partial charge in [-0.3, -0.25) is 4.99 Å². The highest BCUT2D eigenvalue weighted by molar-refractivity contribution is 5.91. The monoisotopic (exact) mass is 338 g/mol. The lowest BCUT2D eigenvalue weighted by Crippen LogP contribution is -2.36. The molecule has 2 aromatic carbocycles. The highest BCUT2D eigenvalue weighted by Gasteiger charge is 2.10. The quantitative estimate of drug-likeness (QED) is 0.619. The van der Waals surface area contributed by atoms with Crippen LogP contribution in [0.2, 0.25) is 0 Å². The van der Waals surface area contributed by atoms with Crippen molar-refractivity contribution in [3.05, 3.63) is 59.7 Å². The Hall–Kier alpha value is -2.66.